The Labute approximate surface area is 75.6 Å². The molecule has 3 heteroatoms. The van der Waals surface area contributed by atoms with Crippen molar-refractivity contribution in [3.05, 3.63) is 30.3 Å². The Morgan fingerprint density at radius 2 is 2.31 bits per heavy atom. The molecular weight excluding hydrogens is 164 g/mol. The van der Waals surface area contributed by atoms with Gasteiger partial charge in [-0.05, 0) is 18.9 Å². The van der Waals surface area contributed by atoms with Gasteiger partial charge in [0.25, 0.3) is 0 Å². The molecular formula is C10H10N2O. The molecule has 1 saturated carbocycles. The summed E-state index contributed by atoms with van der Waals surface area (Å²) in [5.41, 5.74) is 7.69. The molecule has 0 spiro atoms. The monoisotopic (exact) mass is 174 g/mol. The highest BCUT2D eigenvalue weighted by molar-refractivity contribution is 5.76. The average molecular weight is 174 g/mol. The molecule has 13 heavy (non-hydrogen) atoms. The van der Waals surface area contributed by atoms with Crippen LogP contribution in [0.4, 0.5) is 0 Å². The Kier molecular flexibility index (Phi) is 1.15. The summed E-state index contributed by atoms with van der Waals surface area (Å²) in [5, 5.41) is 1.04. The van der Waals surface area contributed by atoms with Gasteiger partial charge < -0.3 is 10.2 Å². The third kappa shape index (κ3) is 0.971. The normalized spacial score (nSPS) is 19.2. The second-order valence-electron chi connectivity index (χ2n) is 3.68. The van der Waals surface area contributed by atoms with Crippen molar-refractivity contribution < 1.29 is 4.42 Å². The van der Waals surface area contributed by atoms with Crippen LogP contribution >= 0.6 is 0 Å². The Bertz CT molecular complexity index is 457. The minimum Gasteiger partial charge on any atom is -0.464 e. The van der Waals surface area contributed by atoms with Crippen molar-refractivity contribution in [2.24, 2.45) is 5.73 Å². The molecule has 0 bridgehead atoms. The number of hydrogen-bond donors (Lipinski definition) is 1. The number of hydrogen-bond acceptors (Lipinski definition) is 3. The lowest BCUT2D eigenvalue weighted by molar-refractivity contribution is 0.612. The van der Waals surface area contributed by atoms with E-state index in [1.54, 1.807) is 6.26 Å². The van der Waals surface area contributed by atoms with Gasteiger partial charge in [0.1, 0.15) is 5.58 Å². The number of furan rings is 1. The van der Waals surface area contributed by atoms with Gasteiger partial charge in [0.2, 0.25) is 0 Å². The largest absolute Gasteiger partial charge is 0.464 e. The van der Waals surface area contributed by atoms with Gasteiger partial charge in [-0.15, -0.1) is 0 Å². The second kappa shape index (κ2) is 2.12. The third-order valence-corrected chi connectivity index (χ3v) is 2.64. The van der Waals surface area contributed by atoms with Crippen LogP contribution in [-0.4, -0.2) is 4.98 Å². The Balaban J connectivity index is 2.20. The van der Waals surface area contributed by atoms with Crippen molar-refractivity contribution in [3.63, 3.8) is 0 Å². The summed E-state index contributed by atoms with van der Waals surface area (Å²) in [6.07, 6.45) is 5.56. The maximum Gasteiger partial charge on any atom is 0.137 e. The van der Waals surface area contributed by atoms with Crippen LogP contribution in [-0.2, 0) is 5.54 Å². The maximum atomic E-state index is 6.02. The number of fused-ring (bicyclic) bond motifs is 1. The molecule has 2 N–H and O–H groups in total. The molecule has 0 unspecified atom stereocenters. The number of nitrogens with two attached hydrogens (primary N) is 1. The predicted octanol–water partition coefficient (Wildman–Crippen LogP) is 1.78. The van der Waals surface area contributed by atoms with E-state index in [-0.39, 0.29) is 5.54 Å². The smallest absolute Gasteiger partial charge is 0.137 e. The molecule has 66 valence electrons. The van der Waals surface area contributed by atoms with Crippen molar-refractivity contribution in [2.75, 3.05) is 0 Å². The van der Waals surface area contributed by atoms with Crippen molar-refractivity contribution >= 4 is 11.0 Å². The first-order valence-corrected chi connectivity index (χ1v) is 4.41. The molecule has 3 nitrogen and oxygen atoms in total. The molecule has 0 aliphatic heterocycles. The molecule has 0 amide bonds. The highest BCUT2D eigenvalue weighted by atomic mass is 16.3. The molecule has 1 fully saturated rings. The molecule has 0 saturated heterocycles. The van der Waals surface area contributed by atoms with E-state index in [1.165, 1.54) is 0 Å². The zero-order valence-electron chi connectivity index (χ0n) is 7.16. The van der Waals surface area contributed by atoms with Crippen LogP contribution in [0.25, 0.3) is 11.0 Å². The zero-order valence-corrected chi connectivity index (χ0v) is 7.16. The third-order valence-electron chi connectivity index (χ3n) is 2.64. The van der Waals surface area contributed by atoms with E-state index in [9.17, 15) is 0 Å². The molecule has 1 aliphatic carbocycles. The lowest BCUT2D eigenvalue weighted by Gasteiger charge is -2.06. The summed E-state index contributed by atoms with van der Waals surface area (Å²) in [5.74, 6) is 0. The van der Waals surface area contributed by atoms with E-state index in [2.05, 4.69) is 4.98 Å². The molecule has 2 aromatic heterocycles. The fourth-order valence-electron chi connectivity index (χ4n) is 1.52. The van der Waals surface area contributed by atoms with Crippen LogP contribution < -0.4 is 5.73 Å². The lowest BCUT2D eigenvalue weighted by Crippen LogP contribution is -2.19. The topological polar surface area (TPSA) is 52.0 Å². The summed E-state index contributed by atoms with van der Waals surface area (Å²) in [7, 11) is 0. The van der Waals surface area contributed by atoms with Gasteiger partial charge in [0, 0.05) is 17.6 Å². The minimum atomic E-state index is -0.166. The fourth-order valence-corrected chi connectivity index (χ4v) is 1.52. The maximum absolute atomic E-state index is 6.02. The standard InChI is InChI=1S/C10H10N2O/c11-10(2-3-10)9-5-8-7(6-12-9)1-4-13-8/h1,4-6H,2-3,11H2. The second-order valence-corrected chi connectivity index (χ2v) is 3.68. The molecule has 0 radical (unpaired) electrons. The van der Waals surface area contributed by atoms with Crippen molar-refractivity contribution in [1.82, 2.24) is 4.98 Å². The SMILES string of the molecule is NC1(c2cc3occc3cn2)CC1. The molecule has 3 rings (SSSR count). The van der Waals surface area contributed by atoms with E-state index in [0.717, 1.165) is 29.5 Å². The zero-order chi connectivity index (χ0) is 8.89. The van der Waals surface area contributed by atoms with E-state index in [0.29, 0.717) is 0 Å². The summed E-state index contributed by atoms with van der Waals surface area (Å²) in [6.45, 7) is 0. The van der Waals surface area contributed by atoms with Crippen LogP contribution in [0, 0.1) is 0 Å². The predicted molar refractivity (Wildman–Crippen MR) is 49.1 cm³/mol. The first-order chi connectivity index (χ1) is 6.28. The van der Waals surface area contributed by atoms with E-state index in [1.807, 2.05) is 18.3 Å². The lowest BCUT2D eigenvalue weighted by atomic mass is 10.1. The van der Waals surface area contributed by atoms with Crippen molar-refractivity contribution in [2.45, 2.75) is 18.4 Å². The number of pyridine rings is 1. The van der Waals surface area contributed by atoms with Gasteiger partial charge in [0.15, 0.2) is 0 Å². The average Bonchev–Trinajstić information content (AvgIpc) is 2.74. The van der Waals surface area contributed by atoms with Gasteiger partial charge >= 0.3 is 0 Å². The molecule has 0 atom stereocenters. The van der Waals surface area contributed by atoms with Crippen LogP contribution in [0.5, 0.6) is 0 Å². The molecule has 2 heterocycles. The molecule has 1 aliphatic rings. The van der Waals surface area contributed by atoms with E-state index >= 15 is 0 Å². The Morgan fingerprint density at radius 3 is 3.08 bits per heavy atom. The quantitative estimate of drug-likeness (QED) is 0.716. The minimum absolute atomic E-state index is 0.166. The van der Waals surface area contributed by atoms with E-state index in [4.69, 9.17) is 10.2 Å². The fraction of sp³-hybridized carbons (Fsp3) is 0.300. The van der Waals surface area contributed by atoms with Crippen LogP contribution in [0.1, 0.15) is 18.5 Å². The Hall–Kier alpha value is -1.35. The van der Waals surface area contributed by atoms with Crippen LogP contribution in [0.2, 0.25) is 0 Å². The van der Waals surface area contributed by atoms with Crippen LogP contribution in [0.15, 0.2) is 29.0 Å². The van der Waals surface area contributed by atoms with Gasteiger partial charge in [-0.25, -0.2) is 0 Å². The van der Waals surface area contributed by atoms with Gasteiger partial charge in [-0.1, -0.05) is 0 Å². The summed E-state index contributed by atoms with van der Waals surface area (Å²) >= 11 is 0. The Morgan fingerprint density at radius 1 is 1.46 bits per heavy atom. The van der Waals surface area contributed by atoms with Crippen LogP contribution in [0.3, 0.4) is 0 Å². The highest BCUT2D eigenvalue weighted by Crippen LogP contribution is 2.42. The number of aromatic nitrogens is 1. The van der Waals surface area contributed by atoms with E-state index < -0.39 is 0 Å². The van der Waals surface area contributed by atoms with Crippen molar-refractivity contribution in [3.8, 4) is 0 Å². The summed E-state index contributed by atoms with van der Waals surface area (Å²) in [4.78, 5) is 4.33. The van der Waals surface area contributed by atoms with Gasteiger partial charge in [0.05, 0.1) is 17.5 Å². The van der Waals surface area contributed by atoms with Crippen molar-refractivity contribution in [1.29, 1.82) is 0 Å². The first-order valence-electron chi connectivity index (χ1n) is 4.41. The molecule has 2 aromatic rings. The first kappa shape index (κ1) is 7.09. The summed E-state index contributed by atoms with van der Waals surface area (Å²) < 4.78 is 5.29. The van der Waals surface area contributed by atoms with Gasteiger partial charge in [-0.3, -0.25) is 4.98 Å². The van der Waals surface area contributed by atoms with Gasteiger partial charge in [-0.2, -0.15) is 0 Å². The number of nitrogens with zero attached hydrogens (tertiary/aromatic N) is 1. The molecule has 0 aromatic carbocycles. The number of rotatable bonds is 1. The highest BCUT2D eigenvalue weighted by Gasteiger charge is 2.41. The summed E-state index contributed by atoms with van der Waals surface area (Å²) in [6, 6.07) is 3.85.